The first-order valence-corrected chi connectivity index (χ1v) is 15.3. The number of aromatic nitrogens is 2. The number of ether oxygens (including phenoxy) is 1. The third kappa shape index (κ3) is 3.70. The molecule has 4 aromatic rings. The fourth-order valence-electron chi connectivity index (χ4n) is 7.75. The average Bonchev–Trinajstić information content (AvgIpc) is 3.23. The Labute approximate surface area is 251 Å². The van der Waals surface area contributed by atoms with Gasteiger partial charge in [0.25, 0.3) is 0 Å². The molecule has 3 fully saturated rings. The molecule has 1 aromatic heterocycles. The van der Waals surface area contributed by atoms with Gasteiger partial charge in [-0.25, -0.2) is 9.78 Å². The highest BCUT2D eigenvalue weighted by Gasteiger charge is 2.71. The number of amides is 1. The van der Waals surface area contributed by atoms with Crippen LogP contribution in [-0.2, 0) is 15.9 Å². The molecule has 2 N–H and O–H groups in total. The van der Waals surface area contributed by atoms with E-state index in [1.807, 2.05) is 6.07 Å². The first kappa shape index (κ1) is 27.0. The maximum Gasteiger partial charge on any atom is 0.494 e. The predicted octanol–water partition coefficient (Wildman–Crippen LogP) is 6.80. The van der Waals surface area contributed by atoms with Crippen molar-refractivity contribution < 1.29 is 23.9 Å². The lowest BCUT2D eigenvalue weighted by molar-refractivity contribution is 0.00578. The third-order valence-electron chi connectivity index (χ3n) is 11.2. The number of piperidine rings is 1. The SMILES string of the molecule is CC1(C)OB(c2ccc3c(c2)COc2cc4c(ccc5[nH]c([C@@H]6C[C@@]7(C(C)(C)C)C[C@H]7N6C(=O)O)nc54)cc2-3)OC1(C)C. The average molecular weight is 580 g/mol. The summed E-state index contributed by atoms with van der Waals surface area (Å²) in [6.07, 6.45) is 0.840. The van der Waals surface area contributed by atoms with Crippen molar-refractivity contribution in [1.29, 1.82) is 0 Å². The lowest BCUT2D eigenvalue weighted by atomic mass is 9.75. The maximum absolute atomic E-state index is 12.4. The van der Waals surface area contributed by atoms with E-state index < -0.39 is 24.4 Å². The number of likely N-dealkylation sites (tertiary alicyclic amines) is 1. The van der Waals surface area contributed by atoms with Crippen LogP contribution in [-0.4, -0.2) is 50.4 Å². The standard InChI is InChI=1S/C34H38BN3O5/c1-31(2,3)34-15-25(38(30(39)40)27(34)16-34)29-36-24-11-8-18-13-23-21-10-9-20(35-42-32(4,5)33(6,7)43-35)12-19(21)17-41-26(23)14-22(18)28(24)37-29/h8-14,25,27H,15-17H2,1-7H3,(H,36,37)(H,39,40)/t25-,27+,34+/m0/s1. The predicted molar refractivity (Wildman–Crippen MR) is 167 cm³/mol. The van der Waals surface area contributed by atoms with Crippen molar-refractivity contribution in [1.82, 2.24) is 14.9 Å². The molecule has 0 bridgehead atoms. The van der Waals surface area contributed by atoms with Gasteiger partial charge in [0, 0.05) is 22.4 Å². The van der Waals surface area contributed by atoms with Gasteiger partial charge in [0.1, 0.15) is 18.2 Å². The molecule has 8 rings (SSSR count). The number of hydrogen-bond acceptors (Lipinski definition) is 5. The van der Waals surface area contributed by atoms with Crippen LogP contribution in [0, 0.1) is 10.8 Å². The van der Waals surface area contributed by atoms with Crippen LogP contribution >= 0.6 is 0 Å². The molecule has 222 valence electrons. The van der Waals surface area contributed by atoms with E-state index in [1.165, 1.54) is 0 Å². The Bertz CT molecular complexity index is 1840. The van der Waals surface area contributed by atoms with Crippen LogP contribution in [0.3, 0.4) is 0 Å². The Morgan fingerprint density at radius 3 is 2.47 bits per heavy atom. The van der Waals surface area contributed by atoms with E-state index in [0.29, 0.717) is 6.61 Å². The molecule has 3 aliphatic heterocycles. The van der Waals surface area contributed by atoms with Gasteiger partial charge in [-0.15, -0.1) is 0 Å². The number of imidazole rings is 1. The van der Waals surface area contributed by atoms with Gasteiger partial charge >= 0.3 is 13.2 Å². The van der Waals surface area contributed by atoms with Crippen LogP contribution in [0.5, 0.6) is 5.75 Å². The number of nitrogens with zero attached hydrogens (tertiary/aromatic N) is 2. The fourth-order valence-corrected chi connectivity index (χ4v) is 7.75. The van der Waals surface area contributed by atoms with Gasteiger partial charge in [-0.3, -0.25) is 4.90 Å². The van der Waals surface area contributed by atoms with E-state index in [2.05, 4.69) is 89.8 Å². The highest BCUT2D eigenvalue weighted by Crippen LogP contribution is 2.70. The zero-order chi connectivity index (χ0) is 30.3. The van der Waals surface area contributed by atoms with E-state index in [4.69, 9.17) is 19.0 Å². The molecule has 8 nitrogen and oxygen atoms in total. The number of nitrogens with one attached hydrogen (secondary N) is 1. The van der Waals surface area contributed by atoms with Crippen LogP contribution in [0.15, 0.2) is 42.5 Å². The zero-order valence-corrected chi connectivity index (χ0v) is 25.9. The zero-order valence-electron chi connectivity index (χ0n) is 25.9. The van der Waals surface area contributed by atoms with Gasteiger partial charge < -0.3 is 24.1 Å². The number of H-pyrrole nitrogens is 1. The summed E-state index contributed by atoms with van der Waals surface area (Å²) in [7, 11) is -0.420. The smallest absolute Gasteiger partial charge is 0.488 e. The van der Waals surface area contributed by atoms with E-state index in [-0.39, 0.29) is 22.9 Å². The second-order valence-corrected chi connectivity index (χ2v) is 15.0. The van der Waals surface area contributed by atoms with E-state index in [1.54, 1.807) is 4.90 Å². The molecule has 1 aliphatic carbocycles. The van der Waals surface area contributed by atoms with Gasteiger partial charge in [0.2, 0.25) is 0 Å². The third-order valence-corrected chi connectivity index (χ3v) is 11.2. The Hall–Kier alpha value is -3.56. The molecule has 1 amide bonds. The van der Waals surface area contributed by atoms with Crippen LogP contribution in [0.4, 0.5) is 4.79 Å². The van der Waals surface area contributed by atoms with Crippen molar-refractivity contribution in [3.8, 4) is 16.9 Å². The van der Waals surface area contributed by atoms with E-state index in [0.717, 1.165) is 68.4 Å². The minimum absolute atomic E-state index is 0.000306. The molecule has 1 saturated carbocycles. The van der Waals surface area contributed by atoms with E-state index >= 15 is 0 Å². The summed E-state index contributed by atoms with van der Waals surface area (Å²) in [5.74, 6) is 1.54. The first-order chi connectivity index (χ1) is 20.2. The Morgan fingerprint density at radius 1 is 1.02 bits per heavy atom. The van der Waals surface area contributed by atoms with Gasteiger partial charge in [0.15, 0.2) is 0 Å². The molecule has 3 atom stereocenters. The number of fused-ring (bicyclic) bond motifs is 7. The van der Waals surface area contributed by atoms with Gasteiger partial charge in [-0.1, -0.05) is 45.0 Å². The number of benzene rings is 3. The van der Waals surface area contributed by atoms with Crippen molar-refractivity contribution in [2.24, 2.45) is 10.8 Å². The summed E-state index contributed by atoms with van der Waals surface area (Å²) in [5, 5.41) is 12.2. The quantitative estimate of drug-likeness (QED) is 0.254. The summed E-state index contributed by atoms with van der Waals surface area (Å²) in [6.45, 7) is 15.4. The highest BCUT2D eigenvalue weighted by molar-refractivity contribution is 6.62. The largest absolute Gasteiger partial charge is 0.494 e. The number of aromatic amines is 1. The summed E-state index contributed by atoms with van der Waals surface area (Å²) < 4.78 is 18.9. The van der Waals surface area contributed by atoms with Gasteiger partial charge in [-0.2, -0.15) is 0 Å². The van der Waals surface area contributed by atoms with Crippen molar-refractivity contribution in [3.63, 3.8) is 0 Å². The number of carbonyl (C=O) groups is 1. The summed E-state index contributed by atoms with van der Waals surface area (Å²) in [6, 6.07) is 14.5. The van der Waals surface area contributed by atoms with Crippen molar-refractivity contribution in [2.45, 2.75) is 91.2 Å². The lowest BCUT2D eigenvalue weighted by Gasteiger charge is -2.32. The number of carboxylic acid groups (broad SMARTS) is 1. The molecule has 3 aromatic carbocycles. The minimum atomic E-state index is -0.869. The Balaban J connectivity index is 1.15. The van der Waals surface area contributed by atoms with Gasteiger partial charge in [0.05, 0.1) is 28.3 Å². The van der Waals surface area contributed by atoms with Gasteiger partial charge in [-0.05, 0) is 86.1 Å². The summed E-state index contributed by atoms with van der Waals surface area (Å²) in [5.41, 5.74) is 5.25. The van der Waals surface area contributed by atoms with E-state index in [9.17, 15) is 9.90 Å². The van der Waals surface area contributed by atoms with Crippen LogP contribution in [0.2, 0.25) is 0 Å². The van der Waals surface area contributed by atoms with Crippen LogP contribution < -0.4 is 10.2 Å². The normalized spacial score (nSPS) is 26.8. The highest BCUT2D eigenvalue weighted by atomic mass is 16.7. The number of rotatable bonds is 2. The molecule has 4 heterocycles. The summed E-state index contributed by atoms with van der Waals surface area (Å²) >= 11 is 0. The molecule has 2 saturated heterocycles. The molecular formula is C34H38BN3O5. The Morgan fingerprint density at radius 2 is 1.77 bits per heavy atom. The Kier molecular flexibility index (Phi) is 5.24. The molecule has 0 unspecified atom stereocenters. The molecule has 0 radical (unpaired) electrons. The second kappa shape index (κ2) is 8.33. The summed E-state index contributed by atoms with van der Waals surface area (Å²) in [4.78, 5) is 22.6. The van der Waals surface area contributed by atoms with Crippen LogP contribution in [0.1, 0.15) is 78.7 Å². The molecule has 0 spiro atoms. The second-order valence-electron chi connectivity index (χ2n) is 15.0. The van der Waals surface area contributed by atoms with Crippen LogP contribution in [0.25, 0.3) is 32.9 Å². The van der Waals surface area contributed by atoms with Crippen molar-refractivity contribution >= 4 is 40.5 Å². The molecule has 9 heteroatoms. The molecular weight excluding hydrogens is 541 g/mol. The minimum Gasteiger partial charge on any atom is -0.488 e. The first-order valence-electron chi connectivity index (χ1n) is 15.3. The molecule has 4 aliphatic rings. The topological polar surface area (TPSA) is 96.9 Å². The fraction of sp³-hybridized carbons (Fsp3) is 0.471. The molecule has 43 heavy (non-hydrogen) atoms. The van der Waals surface area contributed by atoms with Crippen molar-refractivity contribution in [2.75, 3.05) is 0 Å². The monoisotopic (exact) mass is 579 g/mol. The number of hydrogen-bond donors (Lipinski definition) is 2. The van der Waals surface area contributed by atoms with Crippen molar-refractivity contribution in [3.05, 3.63) is 53.9 Å². The maximum atomic E-state index is 12.4. The lowest BCUT2D eigenvalue weighted by Crippen LogP contribution is -2.41.